The van der Waals surface area contributed by atoms with Gasteiger partial charge in [0.05, 0.1) is 46.8 Å². The molecule has 4 atom stereocenters. The molecule has 2 aromatic heterocycles. The third-order valence-electron chi connectivity index (χ3n) is 6.98. The van der Waals surface area contributed by atoms with Crippen LogP contribution >= 0.6 is 11.3 Å². The van der Waals surface area contributed by atoms with Crippen LogP contribution in [0.5, 0.6) is 0 Å². The fraction of sp³-hybridized carbons (Fsp3) is 0.500. The predicted molar refractivity (Wildman–Crippen MR) is 134 cm³/mol. The van der Waals surface area contributed by atoms with Gasteiger partial charge in [0.15, 0.2) is 6.04 Å². The minimum absolute atomic E-state index is 0.0766. The highest BCUT2D eigenvalue weighted by molar-refractivity contribution is 7.13. The molecule has 8 heteroatoms. The molecule has 34 heavy (non-hydrogen) atoms. The summed E-state index contributed by atoms with van der Waals surface area (Å²) in [5, 5.41) is 21.0. The minimum Gasteiger partial charge on any atom is -0.632 e. The Labute approximate surface area is 205 Å². The third-order valence-corrected chi connectivity index (χ3v) is 7.96. The predicted octanol–water partition coefficient (Wildman–Crippen LogP) is 5.51. The molecule has 0 bridgehead atoms. The number of nitrogens with one attached hydrogen (secondary N) is 1. The normalized spacial score (nSPS) is 22.1. The maximum atomic E-state index is 13.9. The molecule has 0 radical (unpaired) electrons. The van der Waals surface area contributed by atoms with Crippen molar-refractivity contribution in [2.75, 3.05) is 13.1 Å². The Morgan fingerprint density at radius 1 is 1.26 bits per heavy atom. The Morgan fingerprint density at radius 3 is 2.59 bits per heavy atom. The number of likely N-dealkylation sites (tertiary alicyclic amines) is 1. The molecule has 3 heterocycles. The Morgan fingerprint density at radius 2 is 2.00 bits per heavy atom. The first-order valence-corrected chi connectivity index (χ1v) is 12.9. The highest BCUT2D eigenvalue weighted by Crippen LogP contribution is 2.35. The second-order valence-corrected chi connectivity index (χ2v) is 10.7. The Kier molecular flexibility index (Phi) is 7.21. The van der Waals surface area contributed by atoms with Gasteiger partial charge in [-0.2, -0.15) is 0 Å². The van der Waals surface area contributed by atoms with Crippen LogP contribution < -0.4 is 5.32 Å². The lowest BCUT2D eigenvalue weighted by molar-refractivity contribution is -0.885. The van der Waals surface area contributed by atoms with Gasteiger partial charge in [-0.05, 0) is 37.8 Å². The molecule has 7 nitrogen and oxygen atoms in total. The van der Waals surface area contributed by atoms with E-state index in [1.165, 1.54) is 0 Å². The number of aryl methyl sites for hydroxylation is 2. The van der Waals surface area contributed by atoms with Crippen LogP contribution in [0.3, 0.4) is 0 Å². The van der Waals surface area contributed by atoms with Gasteiger partial charge >= 0.3 is 0 Å². The summed E-state index contributed by atoms with van der Waals surface area (Å²) in [5.74, 6) is 0.697. The maximum absolute atomic E-state index is 13.9. The molecule has 1 aliphatic rings. The number of carbonyl (C=O) groups excluding carboxylic acids is 1. The van der Waals surface area contributed by atoms with Crippen LogP contribution in [0, 0.1) is 25.0 Å². The first kappa shape index (κ1) is 24.6. The molecular formula is C26H34N4O3S. The van der Waals surface area contributed by atoms with Gasteiger partial charge in [0.2, 0.25) is 0 Å². The number of quaternary nitrogens is 1. The van der Waals surface area contributed by atoms with Crippen molar-refractivity contribution in [3.8, 4) is 10.4 Å². The van der Waals surface area contributed by atoms with Crippen LogP contribution in [-0.4, -0.2) is 39.8 Å². The minimum atomic E-state index is -0.605. The molecular weight excluding hydrogens is 448 g/mol. The third kappa shape index (κ3) is 5.09. The summed E-state index contributed by atoms with van der Waals surface area (Å²) in [5.41, 5.74) is 5.81. The zero-order valence-corrected chi connectivity index (χ0v) is 21.4. The fourth-order valence-corrected chi connectivity index (χ4v) is 5.73. The molecule has 1 amide bonds. The van der Waals surface area contributed by atoms with Crippen molar-refractivity contribution in [1.82, 2.24) is 15.5 Å². The number of aromatic nitrogens is 2. The lowest BCUT2D eigenvalue weighted by Gasteiger charge is -2.45. The van der Waals surface area contributed by atoms with E-state index in [-0.39, 0.29) is 23.8 Å². The van der Waals surface area contributed by atoms with Gasteiger partial charge < -0.3 is 19.7 Å². The SMILES string of the molecule is Cc1cc([C@H](C[N+]2([O-])CCC[C@H]2C(=O)NC(C)c2ccc(-c3scnc3C)cc2)C(C)C)on1. The smallest absolute Gasteiger partial charge is 0.279 e. The second kappa shape index (κ2) is 9.98. The van der Waals surface area contributed by atoms with E-state index >= 15 is 0 Å². The standard InChI is InChI=1S/C26H34N4O3S/c1-16(2)22(24-13-17(3)29-33-24)14-30(32)12-6-7-23(30)26(31)28-18(4)20-8-10-21(11-9-20)25-19(5)27-15-34-25/h8-11,13,15-16,18,22-23H,6-7,12,14H2,1-5H3,(H,28,31)/t18?,22-,23+,30?/m1/s1. The Balaban J connectivity index is 1.44. The number of rotatable bonds is 8. The summed E-state index contributed by atoms with van der Waals surface area (Å²) in [6.45, 7) is 10.8. The van der Waals surface area contributed by atoms with Gasteiger partial charge in [0.1, 0.15) is 5.76 Å². The quantitative estimate of drug-likeness (QED) is 0.338. The summed E-state index contributed by atoms with van der Waals surface area (Å²) < 4.78 is 4.99. The summed E-state index contributed by atoms with van der Waals surface area (Å²) in [7, 11) is 0. The van der Waals surface area contributed by atoms with Crippen LogP contribution in [0.25, 0.3) is 10.4 Å². The molecule has 0 spiro atoms. The van der Waals surface area contributed by atoms with Crippen molar-refractivity contribution >= 4 is 17.2 Å². The van der Waals surface area contributed by atoms with E-state index in [0.717, 1.165) is 39.6 Å². The number of amides is 1. The van der Waals surface area contributed by atoms with E-state index < -0.39 is 10.7 Å². The molecule has 3 aromatic rings. The lowest BCUT2D eigenvalue weighted by atomic mass is 9.92. The van der Waals surface area contributed by atoms with Crippen LogP contribution in [0.2, 0.25) is 0 Å². The average molecular weight is 483 g/mol. The van der Waals surface area contributed by atoms with Gasteiger partial charge in [-0.15, -0.1) is 11.3 Å². The van der Waals surface area contributed by atoms with E-state index in [4.69, 9.17) is 4.52 Å². The Hall–Kier alpha value is -2.55. The highest BCUT2D eigenvalue weighted by atomic mass is 32.1. The van der Waals surface area contributed by atoms with Crippen molar-refractivity contribution in [3.63, 3.8) is 0 Å². The van der Waals surface area contributed by atoms with E-state index in [1.807, 2.05) is 44.5 Å². The molecule has 1 fully saturated rings. The summed E-state index contributed by atoms with van der Waals surface area (Å²) >= 11 is 1.62. The highest BCUT2D eigenvalue weighted by Gasteiger charge is 2.43. The van der Waals surface area contributed by atoms with Crippen LogP contribution in [0.1, 0.15) is 68.3 Å². The monoisotopic (exact) mass is 482 g/mol. The maximum Gasteiger partial charge on any atom is 0.279 e. The van der Waals surface area contributed by atoms with E-state index in [1.54, 1.807) is 11.3 Å². The summed E-state index contributed by atoms with van der Waals surface area (Å²) in [6.07, 6.45) is 1.35. The molecule has 0 aliphatic carbocycles. The van der Waals surface area contributed by atoms with Crippen LogP contribution in [0.15, 0.2) is 40.4 Å². The molecule has 1 aliphatic heterocycles. The number of nitrogens with zero attached hydrogens (tertiary/aromatic N) is 3. The number of hydrogen-bond acceptors (Lipinski definition) is 6. The van der Waals surface area contributed by atoms with Crippen LogP contribution in [0.4, 0.5) is 0 Å². The number of thiazole rings is 1. The van der Waals surface area contributed by atoms with E-state index in [0.29, 0.717) is 19.5 Å². The molecule has 1 aromatic carbocycles. The largest absolute Gasteiger partial charge is 0.632 e. The van der Waals surface area contributed by atoms with Gasteiger partial charge in [0, 0.05) is 18.9 Å². The molecule has 182 valence electrons. The van der Waals surface area contributed by atoms with Gasteiger partial charge in [0.25, 0.3) is 5.91 Å². The van der Waals surface area contributed by atoms with Gasteiger partial charge in [-0.3, -0.25) is 4.79 Å². The van der Waals surface area contributed by atoms with Crippen molar-refractivity contribution in [3.05, 3.63) is 63.8 Å². The molecule has 1 saturated heterocycles. The number of benzene rings is 1. The topological polar surface area (TPSA) is 91.1 Å². The zero-order valence-electron chi connectivity index (χ0n) is 20.6. The molecule has 0 saturated carbocycles. The van der Waals surface area contributed by atoms with Crippen molar-refractivity contribution in [1.29, 1.82) is 0 Å². The van der Waals surface area contributed by atoms with Crippen molar-refractivity contribution in [2.45, 2.75) is 65.5 Å². The number of hydrogen-bond donors (Lipinski definition) is 1. The molecule has 4 rings (SSSR count). The number of hydroxylamine groups is 3. The van der Waals surface area contributed by atoms with Crippen molar-refractivity contribution < 1.29 is 14.0 Å². The van der Waals surface area contributed by atoms with Gasteiger partial charge in [-0.1, -0.05) is 43.3 Å². The summed E-state index contributed by atoms with van der Waals surface area (Å²) in [6, 6.07) is 9.32. The average Bonchev–Trinajstić information content (AvgIpc) is 3.52. The molecule has 1 N–H and O–H groups in total. The van der Waals surface area contributed by atoms with E-state index in [2.05, 4.69) is 41.4 Å². The fourth-order valence-electron chi connectivity index (χ4n) is 4.92. The molecule has 2 unspecified atom stereocenters. The van der Waals surface area contributed by atoms with Gasteiger partial charge in [-0.25, -0.2) is 4.98 Å². The first-order chi connectivity index (χ1) is 16.2. The van der Waals surface area contributed by atoms with Crippen molar-refractivity contribution in [2.24, 2.45) is 5.92 Å². The summed E-state index contributed by atoms with van der Waals surface area (Å²) in [4.78, 5) is 18.7. The van der Waals surface area contributed by atoms with E-state index in [9.17, 15) is 10.0 Å². The number of carbonyl (C=O) groups is 1. The zero-order chi connectivity index (χ0) is 24.5. The lowest BCUT2D eigenvalue weighted by Crippen LogP contribution is -2.55. The second-order valence-electron chi connectivity index (χ2n) is 9.86. The Bertz CT molecular complexity index is 1120. The first-order valence-electron chi connectivity index (χ1n) is 12.0. The van der Waals surface area contributed by atoms with Crippen LogP contribution in [-0.2, 0) is 4.79 Å².